The number of hydrogen-bond donors (Lipinski definition) is 0. The second-order valence-electron chi connectivity index (χ2n) is 5.94. The predicted octanol–water partition coefficient (Wildman–Crippen LogP) is 4.59. The average Bonchev–Trinajstić information content (AvgIpc) is 3.15. The van der Waals surface area contributed by atoms with Gasteiger partial charge < -0.3 is 13.7 Å². The van der Waals surface area contributed by atoms with E-state index in [-0.39, 0.29) is 18.3 Å². The maximum atomic E-state index is 14.1. The molecule has 0 aliphatic rings. The maximum absolute atomic E-state index is 14.1. The van der Waals surface area contributed by atoms with Crippen LogP contribution in [0.4, 0.5) is 4.39 Å². The number of nitrogens with zero attached hydrogens (tertiary/aromatic N) is 3. The van der Waals surface area contributed by atoms with E-state index in [2.05, 4.69) is 23.8 Å². The van der Waals surface area contributed by atoms with Crippen molar-refractivity contribution in [3.63, 3.8) is 0 Å². The Morgan fingerprint density at radius 2 is 2.08 bits per heavy atom. The molecule has 0 spiro atoms. The summed E-state index contributed by atoms with van der Waals surface area (Å²) >= 11 is 0. The summed E-state index contributed by atoms with van der Waals surface area (Å²) in [4.78, 5) is 8.85. The number of oxazole rings is 1. The number of ether oxygens (including phenoxy) is 1. The number of halogens is 2. The van der Waals surface area contributed by atoms with Crippen LogP contribution >= 0.6 is 12.4 Å². The third-order valence-corrected chi connectivity index (χ3v) is 3.88. The van der Waals surface area contributed by atoms with E-state index in [1.807, 2.05) is 17.7 Å². The molecule has 0 aliphatic carbocycles. The van der Waals surface area contributed by atoms with E-state index in [4.69, 9.17) is 9.15 Å². The quantitative estimate of drug-likeness (QED) is 0.663. The van der Waals surface area contributed by atoms with Crippen molar-refractivity contribution in [1.82, 2.24) is 14.5 Å². The second kappa shape index (κ2) is 7.70. The van der Waals surface area contributed by atoms with Gasteiger partial charge in [-0.2, -0.15) is 0 Å². The van der Waals surface area contributed by atoms with E-state index in [0.29, 0.717) is 29.5 Å². The van der Waals surface area contributed by atoms with Gasteiger partial charge in [-0.25, -0.2) is 14.4 Å². The molecule has 7 heteroatoms. The molecule has 0 amide bonds. The maximum Gasteiger partial charge on any atom is 0.229 e. The van der Waals surface area contributed by atoms with Gasteiger partial charge in [-0.1, -0.05) is 13.8 Å². The van der Waals surface area contributed by atoms with Crippen LogP contribution in [0.1, 0.15) is 37.0 Å². The highest BCUT2D eigenvalue weighted by Gasteiger charge is 2.17. The lowest BCUT2D eigenvalue weighted by atomic mass is 10.2. The van der Waals surface area contributed by atoms with Crippen LogP contribution < -0.4 is 4.74 Å². The smallest absolute Gasteiger partial charge is 0.229 e. The molecular formula is C18H21ClFN3O2. The van der Waals surface area contributed by atoms with Crippen LogP contribution in [0.2, 0.25) is 0 Å². The zero-order valence-electron chi connectivity index (χ0n) is 14.6. The monoisotopic (exact) mass is 365 g/mol. The summed E-state index contributed by atoms with van der Waals surface area (Å²) in [5.74, 6) is 2.37. The normalized spacial score (nSPS) is 10.8. The van der Waals surface area contributed by atoms with Gasteiger partial charge in [-0.05, 0) is 25.1 Å². The molecule has 0 atom stereocenters. The van der Waals surface area contributed by atoms with Gasteiger partial charge in [0.2, 0.25) is 5.89 Å². The summed E-state index contributed by atoms with van der Waals surface area (Å²) in [6.07, 6.45) is 3.68. The van der Waals surface area contributed by atoms with E-state index in [1.54, 1.807) is 18.3 Å². The molecule has 5 nitrogen and oxygen atoms in total. The molecule has 0 N–H and O–H groups in total. The summed E-state index contributed by atoms with van der Waals surface area (Å²) < 4.78 is 27.0. The number of imidazole rings is 1. The molecule has 0 bridgehead atoms. The number of methoxy groups -OCH3 is 1. The van der Waals surface area contributed by atoms with Crippen LogP contribution in [0.25, 0.3) is 11.5 Å². The molecule has 0 saturated heterocycles. The number of hydrogen-bond acceptors (Lipinski definition) is 4. The van der Waals surface area contributed by atoms with E-state index in [9.17, 15) is 4.39 Å². The van der Waals surface area contributed by atoms with Crippen LogP contribution in [0.5, 0.6) is 5.75 Å². The first-order valence-electron chi connectivity index (χ1n) is 7.80. The van der Waals surface area contributed by atoms with Crippen molar-refractivity contribution in [2.45, 2.75) is 33.2 Å². The molecule has 0 fully saturated rings. The molecule has 3 rings (SSSR count). The molecule has 3 aromatic rings. The van der Waals surface area contributed by atoms with E-state index in [1.165, 1.54) is 13.2 Å². The van der Waals surface area contributed by atoms with Crippen molar-refractivity contribution in [1.29, 1.82) is 0 Å². The molecule has 0 saturated carbocycles. The van der Waals surface area contributed by atoms with E-state index >= 15 is 0 Å². The SMILES string of the molecule is COc1ccc(F)c(-c2nc(Cn3ccnc3C(C)C)c(C)o2)c1.Cl. The fraction of sp³-hybridized carbons (Fsp3) is 0.333. The third-order valence-electron chi connectivity index (χ3n) is 3.88. The predicted molar refractivity (Wildman–Crippen MR) is 95.9 cm³/mol. The topological polar surface area (TPSA) is 53.1 Å². The highest BCUT2D eigenvalue weighted by Crippen LogP contribution is 2.28. The lowest BCUT2D eigenvalue weighted by molar-refractivity contribution is 0.413. The lowest BCUT2D eigenvalue weighted by Crippen LogP contribution is -2.07. The van der Waals surface area contributed by atoms with E-state index in [0.717, 1.165) is 11.5 Å². The first kappa shape index (κ1) is 19.0. The minimum absolute atomic E-state index is 0. The summed E-state index contributed by atoms with van der Waals surface area (Å²) in [6, 6.07) is 4.50. The highest BCUT2D eigenvalue weighted by atomic mass is 35.5. The zero-order valence-corrected chi connectivity index (χ0v) is 15.4. The molecule has 2 heterocycles. The minimum atomic E-state index is -0.394. The Morgan fingerprint density at radius 3 is 2.76 bits per heavy atom. The largest absolute Gasteiger partial charge is 0.497 e. The average molecular weight is 366 g/mol. The fourth-order valence-electron chi connectivity index (χ4n) is 2.60. The summed E-state index contributed by atoms with van der Waals surface area (Å²) in [6.45, 7) is 6.54. The van der Waals surface area contributed by atoms with Gasteiger partial charge in [0.05, 0.1) is 19.2 Å². The van der Waals surface area contributed by atoms with Crippen molar-refractivity contribution in [3.8, 4) is 17.2 Å². The molecule has 0 radical (unpaired) electrons. The van der Waals surface area contributed by atoms with Crippen LogP contribution in [0, 0.1) is 12.7 Å². The summed E-state index contributed by atoms with van der Waals surface area (Å²) in [5, 5.41) is 0. The molecule has 2 aromatic heterocycles. The van der Waals surface area contributed by atoms with Gasteiger partial charge in [-0.15, -0.1) is 12.4 Å². The number of benzene rings is 1. The third kappa shape index (κ3) is 3.85. The van der Waals surface area contributed by atoms with Crippen molar-refractivity contribution in [2.75, 3.05) is 7.11 Å². The Hall–Kier alpha value is -2.34. The Morgan fingerprint density at radius 1 is 1.32 bits per heavy atom. The Kier molecular flexibility index (Phi) is 5.85. The van der Waals surface area contributed by atoms with Gasteiger partial charge in [0.25, 0.3) is 0 Å². The number of aryl methyl sites for hydroxylation is 1. The van der Waals surface area contributed by atoms with Crippen molar-refractivity contribution in [3.05, 3.63) is 53.7 Å². The van der Waals surface area contributed by atoms with Gasteiger partial charge in [-0.3, -0.25) is 0 Å². The standard InChI is InChI=1S/C18H20FN3O2.ClH/c1-11(2)17-20-7-8-22(17)10-16-12(3)24-18(21-16)14-9-13(23-4)5-6-15(14)19;/h5-9,11H,10H2,1-4H3;1H. The Bertz CT molecular complexity index is 858. The Labute approximate surface area is 152 Å². The summed E-state index contributed by atoms with van der Waals surface area (Å²) in [7, 11) is 1.54. The first-order valence-corrected chi connectivity index (χ1v) is 7.80. The van der Waals surface area contributed by atoms with Crippen molar-refractivity contribution < 1.29 is 13.5 Å². The fourth-order valence-corrected chi connectivity index (χ4v) is 2.60. The molecule has 134 valence electrons. The first-order chi connectivity index (χ1) is 11.5. The highest BCUT2D eigenvalue weighted by molar-refractivity contribution is 5.85. The van der Waals surface area contributed by atoms with Gasteiger partial charge in [0.15, 0.2) is 0 Å². The molecule has 1 aromatic carbocycles. The van der Waals surface area contributed by atoms with Crippen molar-refractivity contribution in [2.24, 2.45) is 0 Å². The van der Waals surface area contributed by atoms with Crippen LogP contribution in [-0.2, 0) is 6.54 Å². The van der Waals surface area contributed by atoms with Gasteiger partial charge in [0, 0.05) is 18.3 Å². The second-order valence-corrected chi connectivity index (χ2v) is 5.94. The minimum Gasteiger partial charge on any atom is -0.497 e. The van der Waals surface area contributed by atoms with E-state index < -0.39 is 5.82 Å². The lowest BCUT2D eigenvalue weighted by Gasteiger charge is -2.08. The van der Waals surface area contributed by atoms with Gasteiger partial charge >= 0.3 is 0 Å². The molecule has 0 aliphatic heterocycles. The molecule has 25 heavy (non-hydrogen) atoms. The Balaban J connectivity index is 0.00000225. The van der Waals surface area contributed by atoms with Crippen LogP contribution in [0.3, 0.4) is 0 Å². The van der Waals surface area contributed by atoms with Gasteiger partial charge in [0.1, 0.15) is 28.8 Å². The van der Waals surface area contributed by atoms with Crippen LogP contribution in [0.15, 0.2) is 35.0 Å². The number of rotatable bonds is 5. The summed E-state index contributed by atoms with van der Waals surface area (Å²) in [5.41, 5.74) is 1.05. The molecule has 0 unspecified atom stereocenters. The number of aromatic nitrogens is 3. The van der Waals surface area contributed by atoms with Crippen molar-refractivity contribution >= 4 is 12.4 Å². The zero-order chi connectivity index (χ0) is 17.3. The molecular weight excluding hydrogens is 345 g/mol. The van der Waals surface area contributed by atoms with Crippen LogP contribution in [-0.4, -0.2) is 21.6 Å².